The number of carbonyl (C=O) groups is 1. The third kappa shape index (κ3) is 5.16. The lowest BCUT2D eigenvalue weighted by Crippen LogP contribution is -2.51. The number of nitrogens with zero attached hydrogens (tertiary/aromatic N) is 2. The van der Waals surface area contributed by atoms with Crippen LogP contribution in [0.15, 0.2) is 95.9 Å². The van der Waals surface area contributed by atoms with Gasteiger partial charge in [-0.1, -0.05) is 66.7 Å². The van der Waals surface area contributed by atoms with Gasteiger partial charge in [0.05, 0.1) is 25.7 Å². The van der Waals surface area contributed by atoms with Gasteiger partial charge < -0.3 is 29.7 Å². The molecule has 3 N–H and O–H groups in total. The van der Waals surface area contributed by atoms with Crippen molar-refractivity contribution >= 4 is 11.7 Å². The van der Waals surface area contributed by atoms with Crippen molar-refractivity contribution in [1.29, 1.82) is 0 Å². The molecule has 10 heteroatoms. The number of aliphatic hydroxyl groups excluding tert-OH is 2. The summed E-state index contributed by atoms with van der Waals surface area (Å²) in [4.78, 5) is 28.2. The zero-order valence-electron chi connectivity index (χ0n) is 23.5. The molecule has 1 saturated heterocycles. The van der Waals surface area contributed by atoms with E-state index in [0.29, 0.717) is 28.2 Å². The van der Waals surface area contributed by atoms with Gasteiger partial charge >= 0.3 is 5.69 Å². The maximum Gasteiger partial charge on any atom is 0.351 e. The number of anilines is 1. The maximum absolute atomic E-state index is 12.9. The van der Waals surface area contributed by atoms with E-state index in [4.69, 9.17) is 14.2 Å². The van der Waals surface area contributed by atoms with Crippen LogP contribution in [0.3, 0.4) is 0 Å². The number of rotatable bonds is 9. The van der Waals surface area contributed by atoms with Crippen molar-refractivity contribution in [2.45, 2.75) is 43.3 Å². The molecule has 218 valence electrons. The Balaban J connectivity index is 1.68. The smallest absolute Gasteiger partial charge is 0.351 e. The van der Waals surface area contributed by atoms with Crippen LogP contribution in [0.5, 0.6) is 11.5 Å². The number of aromatic nitrogens is 2. The van der Waals surface area contributed by atoms with Crippen molar-refractivity contribution in [2.75, 3.05) is 19.5 Å². The highest BCUT2D eigenvalue weighted by atomic mass is 16.5. The summed E-state index contributed by atoms with van der Waals surface area (Å²) in [5.74, 6) is 0.781. The fraction of sp³-hybridized carbons (Fsp3) is 0.281. The van der Waals surface area contributed by atoms with Crippen LogP contribution in [0.25, 0.3) is 0 Å². The van der Waals surface area contributed by atoms with E-state index in [1.54, 1.807) is 14.2 Å². The summed E-state index contributed by atoms with van der Waals surface area (Å²) in [5.41, 5.74) is -0.0389. The Hall–Kier alpha value is -4.51. The SMILES string of the molecule is COc1ccccc1C(c1ccccc1)(c1ccccc1OC)C(O)[C@H]1O[C@@H](n2ccc(NC(C)=O)nc2=O)C[C@@H]1O. The van der Waals surface area contributed by atoms with Gasteiger partial charge in [0.1, 0.15) is 35.8 Å². The summed E-state index contributed by atoms with van der Waals surface area (Å²) >= 11 is 0. The van der Waals surface area contributed by atoms with E-state index in [1.165, 1.54) is 23.8 Å². The average molecular weight is 572 g/mol. The van der Waals surface area contributed by atoms with Crippen LogP contribution in [0.2, 0.25) is 0 Å². The van der Waals surface area contributed by atoms with Crippen LogP contribution in [-0.4, -0.2) is 58.2 Å². The lowest BCUT2D eigenvalue weighted by molar-refractivity contribution is -0.114. The number of aliphatic hydroxyl groups is 2. The molecule has 0 bridgehead atoms. The van der Waals surface area contributed by atoms with Gasteiger partial charge in [0.15, 0.2) is 0 Å². The summed E-state index contributed by atoms with van der Waals surface area (Å²) < 4.78 is 19.2. The van der Waals surface area contributed by atoms with Crippen molar-refractivity contribution < 1.29 is 29.2 Å². The van der Waals surface area contributed by atoms with Crippen molar-refractivity contribution in [3.05, 3.63) is 118 Å². The molecule has 42 heavy (non-hydrogen) atoms. The lowest BCUT2D eigenvalue weighted by Gasteiger charge is -2.43. The van der Waals surface area contributed by atoms with Crippen LogP contribution in [-0.2, 0) is 14.9 Å². The number of benzene rings is 3. The van der Waals surface area contributed by atoms with Gasteiger partial charge in [-0.15, -0.1) is 0 Å². The van der Waals surface area contributed by atoms with E-state index in [-0.39, 0.29) is 18.1 Å². The maximum atomic E-state index is 12.9. The Morgan fingerprint density at radius 2 is 1.55 bits per heavy atom. The van der Waals surface area contributed by atoms with Gasteiger partial charge in [-0.25, -0.2) is 4.79 Å². The van der Waals surface area contributed by atoms with Crippen LogP contribution in [0.4, 0.5) is 5.82 Å². The molecule has 1 aliphatic heterocycles. The molecule has 1 fully saturated rings. The first-order valence-electron chi connectivity index (χ1n) is 13.5. The average Bonchev–Trinajstić information content (AvgIpc) is 3.39. The molecule has 4 aromatic rings. The first kappa shape index (κ1) is 29.0. The summed E-state index contributed by atoms with van der Waals surface area (Å²) in [6.45, 7) is 1.32. The molecule has 1 amide bonds. The monoisotopic (exact) mass is 571 g/mol. The lowest BCUT2D eigenvalue weighted by atomic mass is 9.63. The third-order valence-electron chi connectivity index (χ3n) is 7.63. The summed E-state index contributed by atoms with van der Waals surface area (Å²) in [6.07, 6.45) is -3.15. The predicted octanol–water partition coefficient (Wildman–Crippen LogP) is 3.26. The number of methoxy groups -OCH3 is 2. The molecule has 1 aliphatic rings. The van der Waals surface area contributed by atoms with Crippen molar-refractivity contribution in [3.8, 4) is 11.5 Å². The molecule has 0 aliphatic carbocycles. The van der Waals surface area contributed by atoms with E-state index in [1.807, 2.05) is 78.9 Å². The molecule has 0 spiro atoms. The first-order chi connectivity index (χ1) is 20.3. The van der Waals surface area contributed by atoms with E-state index in [9.17, 15) is 19.8 Å². The summed E-state index contributed by atoms with van der Waals surface area (Å²) in [7, 11) is 3.12. The quantitative estimate of drug-likeness (QED) is 0.261. The Labute approximate surface area is 243 Å². The molecule has 2 heterocycles. The number of para-hydroxylation sites is 2. The highest BCUT2D eigenvalue weighted by molar-refractivity contribution is 5.87. The van der Waals surface area contributed by atoms with Gasteiger partial charge in [0.25, 0.3) is 0 Å². The zero-order chi connectivity index (χ0) is 29.9. The van der Waals surface area contributed by atoms with Crippen molar-refractivity contribution in [3.63, 3.8) is 0 Å². The second-order valence-electron chi connectivity index (χ2n) is 10.1. The van der Waals surface area contributed by atoms with Crippen LogP contribution in [0, 0.1) is 0 Å². The Kier molecular flexibility index (Phi) is 8.39. The van der Waals surface area contributed by atoms with Crippen LogP contribution in [0.1, 0.15) is 36.3 Å². The second kappa shape index (κ2) is 12.2. The minimum absolute atomic E-state index is 0.0194. The summed E-state index contributed by atoms with van der Waals surface area (Å²) in [5, 5.41) is 26.4. The van der Waals surface area contributed by atoms with E-state index in [0.717, 1.165) is 0 Å². The zero-order valence-corrected chi connectivity index (χ0v) is 23.5. The number of carbonyl (C=O) groups excluding carboxylic acids is 1. The van der Waals surface area contributed by atoms with Gasteiger partial charge in [-0.05, 0) is 23.8 Å². The molecule has 0 radical (unpaired) electrons. The molecule has 10 nitrogen and oxygen atoms in total. The second-order valence-corrected chi connectivity index (χ2v) is 10.1. The standard InChI is InChI=1S/C32H33N3O7/c1-20(36)33-27-17-18-35(31(39)34-27)28-19-24(37)29(42-28)30(38)32(21-11-5-4-6-12-21,22-13-7-9-15-25(22)40-2)23-14-8-10-16-26(23)41-3/h4-18,24,28-30,37-38H,19H2,1-3H3,(H,33,34,36,39)/t24-,28+,29-,30?/m0/s1. The predicted molar refractivity (Wildman–Crippen MR) is 156 cm³/mol. The first-order valence-corrected chi connectivity index (χ1v) is 13.5. The Morgan fingerprint density at radius 1 is 0.976 bits per heavy atom. The largest absolute Gasteiger partial charge is 0.496 e. The van der Waals surface area contributed by atoms with Crippen molar-refractivity contribution in [2.24, 2.45) is 0 Å². The molecule has 0 saturated carbocycles. The van der Waals surface area contributed by atoms with Gasteiger partial charge in [0.2, 0.25) is 5.91 Å². The topological polar surface area (TPSA) is 132 Å². The minimum Gasteiger partial charge on any atom is -0.496 e. The molecular formula is C32H33N3O7. The van der Waals surface area contributed by atoms with E-state index in [2.05, 4.69) is 10.3 Å². The van der Waals surface area contributed by atoms with Crippen LogP contribution < -0.4 is 20.5 Å². The number of hydrogen-bond donors (Lipinski definition) is 3. The Bertz CT molecular complexity index is 1560. The number of amides is 1. The number of ether oxygens (including phenoxy) is 3. The normalized spacial score (nSPS) is 19.2. The summed E-state index contributed by atoms with van der Waals surface area (Å²) in [6, 6.07) is 25.7. The molecule has 4 atom stereocenters. The van der Waals surface area contributed by atoms with Crippen LogP contribution >= 0.6 is 0 Å². The number of nitrogens with one attached hydrogen (secondary N) is 1. The molecular weight excluding hydrogens is 538 g/mol. The van der Waals surface area contributed by atoms with Gasteiger partial charge in [-0.3, -0.25) is 9.36 Å². The molecule has 1 aromatic heterocycles. The fourth-order valence-electron chi connectivity index (χ4n) is 5.85. The van der Waals surface area contributed by atoms with Crippen molar-refractivity contribution in [1.82, 2.24) is 9.55 Å². The number of hydrogen-bond acceptors (Lipinski definition) is 8. The highest BCUT2D eigenvalue weighted by Crippen LogP contribution is 2.51. The minimum atomic E-state index is -1.39. The molecule has 1 unspecified atom stereocenters. The molecule has 5 rings (SSSR count). The Morgan fingerprint density at radius 3 is 2.10 bits per heavy atom. The van der Waals surface area contributed by atoms with Gasteiger partial charge in [-0.2, -0.15) is 4.98 Å². The van der Waals surface area contributed by atoms with Gasteiger partial charge in [0, 0.05) is 30.7 Å². The molecule has 3 aromatic carbocycles. The fourth-order valence-corrected chi connectivity index (χ4v) is 5.85. The highest BCUT2D eigenvalue weighted by Gasteiger charge is 2.54. The third-order valence-corrected chi connectivity index (χ3v) is 7.63. The van der Waals surface area contributed by atoms with E-state index >= 15 is 0 Å². The van der Waals surface area contributed by atoms with E-state index < -0.39 is 35.6 Å².